The summed E-state index contributed by atoms with van der Waals surface area (Å²) in [6.07, 6.45) is 0. The van der Waals surface area contributed by atoms with E-state index in [1.54, 1.807) is 13.0 Å². The second-order valence-electron chi connectivity index (χ2n) is 5.37. The summed E-state index contributed by atoms with van der Waals surface area (Å²) in [7, 11) is 0. The lowest BCUT2D eigenvalue weighted by Crippen LogP contribution is -2.21. The fourth-order valence-corrected chi connectivity index (χ4v) is 2.10. The van der Waals surface area contributed by atoms with Crippen LogP contribution in [0.1, 0.15) is 27.0 Å². The Morgan fingerprint density at radius 3 is 2.52 bits per heavy atom. The van der Waals surface area contributed by atoms with Gasteiger partial charge >= 0.3 is 5.97 Å². The zero-order valence-electron chi connectivity index (χ0n) is 13.3. The molecule has 0 aliphatic heterocycles. The Labute approximate surface area is 134 Å². The molecule has 5 nitrogen and oxygen atoms in total. The number of hydrogen-bond acceptors (Lipinski definition) is 3. The Kier molecular flexibility index (Phi) is 5.01. The minimum absolute atomic E-state index is 0.126. The van der Waals surface area contributed by atoms with Gasteiger partial charge in [0.1, 0.15) is 5.75 Å². The van der Waals surface area contributed by atoms with E-state index in [-0.39, 0.29) is 18.1 Å². The van der Waals surface area contributed by atoms with Gasteiger partial charge in [0.2, 0.25) is 0 Å². The highest BCUT2D eigenvalue weighted by molar-refractivity contribution is 5.95. The Morgan fingerprint density at radius 2 is 1.83 bits per heavy atom. The van der Waals surface area contributed by atoms with Crippen LogP contribution in [0.15, 0.2) is 36.4 Å². The SMILES string of the molecule is Cc1ccc(C(=O)O)cc1NC(=O)COc1cccc(C)c1C. The molecule has 0 atom stereocenters. The maximum atomic E-state index is 12.0. The van der Waals surface area contributed by atoms with Crippen LogP contribution in [-0.4, -0.2) is 23.6 Å². The Hall–Kier alpha value is -2.82. The summed E-state index contributed by atoms with van der Waals surface area (Å²) in [5.74, 6) is -0.708. The first-order chi connectivity index (χ1) is 10.9. The van der Waals surface area contributed by atoms with Crippen molar-refractivity contribution >= 4 is 17.6 Å². The van der Waals surface area contributed by atoms with Crippen molar-refractivity contribution in [2.75, 3.05) is 11.9 Å². The first-order valence-electron chi connectivity index (χ1n) is 7.21. The molecule has 0 radical (unpaired) electrons. The maximum absolute atomic E-state index is 12.0. The van der Waals surface area contributed by atoms with Crippen molar-refractivity contribution in [3.63, 3.8) is 0 Å². The molecular formula is C18H19NO4. The van der Waals surface area contributed by atoms with Crippen LogP contribution in [0.5, 0.6) is 5.75 Å². The summed E-state index contributed by atoms with van der Waals surface area (Å²) in [5, 5.41) is 11.7. The minimum Gasteiger partial charge on any atom is -0.483 e. The van der Waals surface area contributed by atoms with E-state index in [9.17, 15) is 9.59 Å². The molecule has 0 aliphatic carbocycles. The van der Waals surface area contributed by atoms with Gasteiger partial charge in [0.05, 0.1) is 5.56 Å². The zero-order chi connectivity index (χ0) is 17.0. The van der Waals surface area contributed by atoms with E-state index in [1.165, 1.54) is 12.1 Å². The van der Waals surface area contributed by atoms with Gasteiger partial charge in [0.15, 0.2) is 6.61 Å². The second kappa shape index (κ2) is 6.96. The molecule has 0 fully saturated rings. The van der Waals surface area contributed by atoms with Gasteiger partial charge in [-0.1, -0.05) is 18.2 Å². The average molecular weight is 313 g/mol. The Morgan fingerprint density at radius 1 is 1.09 bits per heavy atom. The fraction of sp³-hybridized carbons (Fsp3) is 0.222. The van der Waals surface area contributed by atoms with Crippen LogP contribution >= 0.6 is 0 Å². The molecule has 5 heteroatoms. The van der Waals surface area contributed by atoms with Crippen molar-refractivity contribution in [2.24, 2.45) is 0 Å². The number of nitrogens with one attached hydrogen (secondary N) is 1. The van der Waals surface area contributed by atoms with E-state index in [0.29, 0.717) is 11.4 Å². The monoisotopic (exact) mass is 313 g/mol. The summed E-state index contributed by atoms with van der Waals surface area (Å²) in [6.45, 7) is 5.57. The normalized spacial score (nSPS) is 10.2. The van der Waals surface area contributed by atoms with Gasteiger partial charge in [-0.25, -0.2) is 4.79 Å². The Bertz CT molecular complexity index is 753. The van der Waals surface area contributed by atoms with Gasteiger partial charge in [0.25, 0.3) is 5.91 Å². The van der Waals surface area contributed by atoms with Gasteiger partial charge in [-0.05, 0) is 55.7 Å². The molecule has 120 valence electrons. The van der Waals surface area contributed by atoms with Gasteiger partial charge in [0, 0.05) is 5.69 Å². The first kappa shape index (κ1) is 16.5. The van der Waals surface area contributed by atoms with Crippen LogP contribution in [-0.2, 0) is 4.79 Å². The van der Waals surface area contributed by atoms with Crippen LogP contribution in [0.2, 0.25) is 0 Å². The average Bonchev–Trinajstić information content (AvgIpc) is 2.50. The molecule has 2 aromatic rings. The van der Waals surface area contributed by atoms with Gasteiger partial charge in [-0.15, -0.1) is 0 Å². The van der Waals surface area contributed by atoms with Crippen LogP contribution < -0.4 is 10.1 Å². The third-order valence-corrected chi connectivity index (χ3v) is 3.67. The number of amides is 1. The molecule has 0 aliphatic rings. The lowest BCUT2D eigenvalue weighted by molar-refractivity contribution is -0.118. The molecule has 0 bridgehead atoms. The third-order valence-electron chi connectivity index (χ3n) is 3.67. The van der Waals surface area contributed by atoms with Crippen molar-refractivity contribution < 1.29 is 19.4 Å². The van der Waals surface area contributed by atoms with Crippen molar-refractivity contribution in [3.8, 4) is 5.75 Å². The Balaban J connectivity index is 2.04. The standard InChI is InChI=1S/C18H19NO4/c1-11-5-4-6-16(13(11)3)23-10-17(20)19-15-9-14(18(21)22)8-7-12(15)2/h4-9H,10H2,1-3H3,(H,19,20)(H,21,22). The molecule has 23 heavy (non-hydrogen) atoms. The molecule has 2 N–H and O–H groups in total. The van der Waals surface area contributed by atoms with Crippen molar-refractivity contribution in [3.05, 3.63) is 58.7 Å². The fourth-order valence-electron chi connectivity index (χ4n) is 2.10. The van der Waals surface area contributed by atoms with E-state index in [1.807, 2.05) is 32.0 Å². The number of carboxylic acid groups (broad SMARTS) is 1. The molecule has 2 rings (SSSR count). The number of carbonyl (C=O) groups excluding carboxylic acids is 1. The number of ether oxygens (including phenoxy) is 1. The number of carbonyl (C=O) groups is 2. The molecule has 0 saturated carbocycles. The number of hydrogen-bond donors (Lipinski definition) is 2. The molecule has 0 spiro atoms. The largest absolute Gasteiger partial charge is 0.483 e. The predicted molar refractivity (Wildman–Crippen MR) is 88.2 cm³/mol. The first-order valence-corrected chi connectivity index (χ1v) is 7.21. The van der Waals surface area contributed by atoms with Crippen molar-refractivity contribution in [1.29, 1.82) is 0 Å². The topological polar surface area (TPSA) is 75.6 Å². The van der Waals surface area contributed by atoms with Crippen molar-refractivity contribution in [1.82, 2.24) is 0 Å². The maximum Gasteiger partial charge on any atom is 0.335 e. The van der Waals surface area contributed by atoms with E-state index in [0.717, 1.165) is 16.7 Å². The number of carboxylic acids is 1. The van der Waals surface area contributed by atoms with Crippen LogP contribution in [0, 0.1) is 20.8 Å². The summed E-state index contributed by atoms with van der Waals surface area (Å²) in [6, 6.07) is 10.3. The third kappa shape index (κ3) is 4.10. The van der Waals surface area contributed by atoms with Gasteiger partial charge in [-0.3, -0.25) is 4.79 Å². The predicted octanol–water partition coefficient (Wildman–Crippen LogP) is 3.33. The summed E-state index contributed by atoms with van der Waals surface area (Å²) in [5.41, 5.74) is 3.47. The highest BCUT2D eigenvalue weighted by Gasteiger charge is 2.10. The van der Waals surface area contributed by atoms with E-state index < -0.39 is 5.97 Å². The zero-order valence-corrected chi connectivity index (χ0v) is 13.3. The molecular weight excluding hydrogens is 294 g/mol. The van der Waals surface area contributed by atoms with Gasteiger partial charge < -0.3 is 15.2 Å². The molecule has 2 aromatic carbocycles. The van der Waals surface area contributed by atoms with E-state index in [4.69, 9.17) is 9.84 Å². The van der Waals surface area contributed by atoms with Crippen LogP contribution in [0.25, 0.3) is 0 Å². The number of benzene rings is 2. The lowest BCUT2D eigenvalue weighted by Gasteiger charge is -2.12. The summed E-state index contributed by atoms with van der Waals surface area (Å²) >= 11 is 0. The minimum atomic E-state index is -1.04. The number of aryl methyl sites for hydroxylation is 2. The highest BCUT2D eigenvalue weighted by Crippen LogP contribution is 2.21. The van der Waals surface area contributed by atoms with Crippen LogP contribution in [0.3, 0.4) is 0 Å². The number of aromatic carboxylic acids is 1. The smallest absolute Gasteiger partial charge is 0.335 e. The quantitative estimate of drug-likeness (QED) is 0.888. The number of rotatable bonds is 5. The molecule has 0 saturated heterocycles. The van der Waals surface area contributed by atoms with Gasteiger partial charge in [-0.2, -0.15) is 0 Å². The summed E-state index contributed by atoms with van der Waals surface area (Å²) in [4.78, 5) is 23.0. The van der Waals surface area contributed by atoms with Crippen molar-refractivity contribution in [2.45, 2.75) is 20.8 Å². The summed E-state index contributed by atoms with van der Waals surface area (Å²) < 4.78 is 5.54. The van der Waals surface area contributed by atoms with E-state index >= 15 is 0 Å². The van der Waals surface area contributed by atoms with Crippen LogP contribution in [0.4, 0.5) is 5.69 Å². The molecule has 0 aromatic heterocycles. The van der Waals surface area contributed by atoms with E-state index in [2.05, 4.69) is 5.32 Å². The molecule has 0 unspecified atom stereocenters. The highest BCUT2D eigenvalue weighted by atomic mass is 16.5. The molecule has 1 amide bonds. The second-order valence-corrected chi connectivity index (χ2v) is 5.37. The molecule has 0 heterocycles. The lowest BCUT2D eigenvalue weighted by atomic mass is 10.1. The number of anilines is 1.